The molecule has 2 nitrogen and oxygen atoms in total. The first-order valence-corrected chi connectivity index (χ1v) is 11.1. The minimum atomic E-state index is -0.205. The van der Waals surface area contributed by atoms with Crippen LogP contribution in [-0.4, -0.2) is 9.97 Å². The zero-order valence-electron chi connectivity index (χ0n) is 16.1. The van der Waals surface area contributed by atoms with Gasteiger partial charge in [-0.1, -0.05) is 50.2 Å². The molecule has 4 rings (SSSR count). The van der Waals surface area contributed by atoms with E-state index in [1.807, 2.05) is 13.0 Å². The lowest BCUT2D eigenvalue weighted by Gasteiger charge is -2.09. The van der Waals surface area contributed by atoms with E-state index in [1.165, 1.54) is 17.2 Å². The lowest BCUT2D eigenvalue weighted by Crippen LogP contribution is -1.93. The Hall–Kier alpha value is -2.24. The van der Waals surface area contributed by atoms with Crippen molar-refractivity contribution in [2.45, 2.75) is 37.5 Å². The minimum Gasteiger partial charge on any atom is -0.226 e. The van der Waals surface area contributed by atoms with E-state index in [2.05, 4.69) is 48.5 Å². The molecule has 2 aromatic carbocycles. The zero-order valence-corrected chi connectivity index (χ0v) is 17.7. The molecule has 0 aliphatic rings. The molecule has 0 aliphatic heterocycles. The average Bonchev–Trinajstić information content (AvgIpc) is 3.10. The lowest BCUT2D eigenvalue weighted by atomic mass is 9.99. The maximum atomic E-state index is 13.5. The maximum Gasteiger partial charge on any atom is 0.128 e. The number of benzene rings is 2. The van der Waals surface area contributed by atoms with Crippen LogP contribution >= 0.6 is 23.1 Å². The van der Waals surface area contributed by atoms with E-state index in [0.29, 0.717) is 11.7 Å². The van der Waals surface area contributed by atoms with Crippen molar-refractivity contribution in [3.8, 4) is 11.1 Å². The summed E-state index contributed by atoms with van der Waals surface area (Å²) in [5.41, 5.74) is 4.62. The summed E-state index contributed by atoms with van der Waals surface area (Å²) in [6, 6.07) is 15.5. The van der Waals surface area contributed by atoms with Crippen molar-refractivity contribution >= 4 is 33.3 Å². The first-order chi connectivity index (χ1) is 13.5. The fraction of sp³-hybridized carbons (Fsp3) is 0.217. The highest BCUT2D eigenvalue weighted by atomic mass is 32.2. The topological polar surface area (TPSA) is 25.8 Å². The van der Waals surface area contributed by atoms with Crippen molar-refractivity contribution in [2.75, 3.05) is 0 Å². The largest absolute Gasteiger partial charge is 0.226 e. The molecule has 0 spiro atoms. The molecule has 0 saturated carbocycles. The van der Waals surface area contributed by atoms with E-state index in [1.54, 1.807) is 35.2 Å². The Balaban J connectivity index is 1.72. The number of fused-ring (bicyclic) bond motifs is 1. The molecule has 2 heterocycles. The van der Waals surface area contributed by atoms with E-state index in [9.17, 15) is 4.39 Å². The molecule has 0 N–H and O–H groups in total. The second-order valence-corrected chi connectivity index (χ2v) is 8.92. The van der Waals surface area contributed by atoms with Crippen LogP contribution < -0.4 is 0 Å². The maximum absolute atomic E-state index is 13.5. The van der Waals surface area contributed by atoms with Crippen LogP contribution in [0.5, 0.6) is 0 Å². The number of aromatic nitrogens is 2. The monoisotopic (exact) mass is 408 g/mol. The van der Waals surface area contributed by atoms with Crippen LogP contribution in [0.1, 0.15) is 36.7 Å². The van der Waals surface area contributed by atoms with Crippen molar-refractivity contribution in [2.24, 2.45) is 0 Å². The van der Waals surface area contributed by atoms with Crippen molar-refractivity contribution in [1.82, 2.24) is 9.97 Å². The SMILES string of the molecule is Cc1nc(SCc2cccc(F)c2)c2c(-c3ccc(C(C)C)cc3)csc2n1. The van der Waals surface area contributed by atoms with Crippen molar-refractivity contribution < 1.29 is 4.39 Å². The Morgan fingerprint density at radius 1 is 1.07 bits per heavy atom. The van der Waals surface area contributed by atoms with Crippen LogP contribution in [0.15, 0.2) is 58.9 Å². The first-order valence-electron chi connectivity index (χ1n) is 9.24. The van der Waals surface area contributed by atoms with Crippen molar-refractivity contribution in [3.63, 3.8) is 0 Å². The third-order valence-corrected chi connectivity index (χ3v) is 6.58. The fourth-order valence-electron chi connectivity index (χ4n) is 3.15. The molecule has 0 saturated heterocycles. The molecule has 5 heteroatoms. The van der Waals surface area contributed by atoms with Crippen LogP contribution in [0, 0.1) is 12.7 Å². The van der Waals surface area contributed by atoms with Gasteiger partial charge < -0.3 is 0 Å². The Kier molecular flexibility index (Phi) is 5.47. The van der Waals surface area contributed by atoms with Crippen LogP contribution in [0.25, 0.3) is 21.3 Å². The van der Waals surface area contributed by atoms with Crippen LogP contribution in [0.2, 0.25) is 0 Å². The second-order valence-electron chi connectivity index (χ2n) is 7.10. The molecule has 0 radical (unpaired) electrons. The van der Waals surface area contributed by atoms with Gasteiger partial charge in [0.15, 0.2) is 0 Å². The van der Waals surface area contributed by atoms with Crippen molar-refractivity contribution in [3.05, 3.63) is 76.7 Å². The summed E-state index contributed by atoms with van der Waals surface area (Å²) in [4.78, 5) is 10.3. The summed E-state index contributed by atoms with van der Waals surface area (Å²) in [6.45, 7) is 6.32. The molecular formula is C23H21FN2S2. The Bertz CT molecular complexity index is 1120. The lowest BCUT2D eigenvalue weighted by molar-refractivity contribution is 0.626. The fourth-order valence-corrected chi connectivity index (χ4v) is 5.24. The highest BCUT2D eigenvalue weighted by molar-refractivity contribution is 7.98. The predicted octanol–water partition coefficient (Wildman–Crippen LogP) is 7.22. The summed E-state index contributed by atoms with van der Waals surface area (Å²) in [6.07, 6.45) is 0. The zero-order chi connectivity index (χ0) is 19.7. The summed E-state index contributed by atoms with van der Waals surface area (Å²) in [5, 5.41) is 4.21. The number of aryl methyl sites for hydroxylation is 1. The minimum absolute atomic E-state index is 0.205. The van der Waals surface area contributed by atoms with Gasteiger partial charge in [0, 0.05) is 16.7 Å². The molecule has 0 fully saturated rings. The van der Waals surface area contributed by atoms with Crippen LogP contribution in [0.4, 0.5) is 4.39 Å². The molecule has 0 atom stereocenters. The molecule has 142 valence electrons. The van der Waals surface area contributed by atoms with Gasteiger partial charge in [0.1, 0.15) is 21.5 Å². The van der Waals surface area contributed by atoms with Gasteiger partial charge in [-0.15, -0.1) is 23.1 Å². The normalized spacial score (nSPS) is 11.5. The standard InChI is InChI=1S/C23H21FN2S2/c1-14(2)17-7-9-18(10-8-17)20-13-28-23-21(20)22(25-15(3)26-23)27-12-16-5-4-6-19(24)11-16/h4-11,13-14H,12H2,1-3H3. The molecule has 4 aromatic rings. The van der Waals surface area contributed by atoms with E-state index < -0.39 is 0 Å². The third-order valence-electron chi connectivity index (χ3n) is 4.67. The van der Waals surface area contributed by atoms with Gasteiger partial charge in [-0.3, -0.25) is 0 Å². The van der Waals surface area contributed by atoms with E-state index in [4.69, 9.17) is 4.98 Å². The van der Waals surface area contributed by atoms with Gasteiger partial charge in [0.05, 0.1) is 5.39 Å². The number of hydrogen-bond donors (Lipinski definition) is 0. The van der Waals surface area contributed by atoms with Gasteiger partial charge in [0.25, 0.3) is 0 Å². The number of thioether (sulfide) groups is 1. The second kappa shape index (κ2) is 8.02. The van der Waals surface area contributed by atoms with E-state index in [-0.39, 0.29) is 5.82 Å². The summed E-state index contributed by atoms with van der Waals surface area (Å²) in [7, 11) is 0. The third kappa shape index (κ3) is 3.96. The summed E-state index contributed by atoms with van der Waals surface area (Å²) in [5.74, 6) is 1.74. The summed E-state index contributed by atoms with van der Waals surface area (Å²) < 4.78 is 13.5. The van der Waals surface area contributed by atoms with Gasteiger partial charge in [0.2, 0.25) is 0 Å². The molecule has 0 aliphatic carbocycles. The van der Waals surface area contributed by atoms with E-state index >= 15 is 0 Å². The van der Waals surface area contributed by atoms with Gasteiger partial charge >= 0.3 is 0 Å². The van der Waals surface area contributed by atoms with E-state index in [0.717, 1.165) is 32.2 Å². The smallest absolute Gasteiger partial charge is 0.128 e. The molecule has 0 bridgehead atoms. The Morgan fingerprint density at radius 3 is 2.57 bits per heavy atom. The highest BCUT2D eigenvalue weighted by Crippen LogP contribution is 2.39. The molecule has 28 heavy (non-hydrogen) atoms. The number of thiophene rings is 1. The Labute approximate surface area is 172 Å². The number of nitrogens with zero attached hydrogens (tertiary/aromatic N) is 2. The molecular weight excluding hydrogens is 387 g/mol. The van der Waals surface area contributed by atoms with Crippen LogP contribution in [0.3, 0.4) is 0 Å². The quantitative estimate of drug-likeness (QED) is 0.257. The van der Waals surface area contributed by atoms with Crippen molar-refractivity contribution in [1.29, 1.82) is 0 Å². The van der Waals surface area contributed by atoms with Gasteiger partial charge in [-0.05, 0) is 41.7 Å². The predicted molar refractivity (Wildman–Crippen MR) is 118 cm³/mol. The Morgan fingerprint density at radius 2 is 1.86 bits per heavy atom. The van der Waals surface area contributed by atoms with Gasteiger partial charge in [-0.25, -0.2) is 14.4 Å². The molecule has 2 aromatic heterocycles. The van der Waals surface area contributed by atoms with Crippen LogP contribution in [-0.2, 0) is 5.75 Å². The molecule has 0 amide bonds. The average molecular weight is 409 g/mol. The highest BCUT2D eigenvalue weighted by Gasteiger charge is 2.15. The summed E-state index contributed by atoms with van der Waals surface area (Å²) >= 11 is 3.28. The number of rotatable bonds is 5. The van der Waals surface area contributed by atoms with Gasteiger partial charge in [-0.2, -0.15) is 0 Å². The molecule has 0 unspecified atom stereocenters. The number of halogens is 1. The first kappa shape index (κ1) is 19.1. The number of hydrogen-bond acceptors (Lipinski definition) is 4.